The lowest BCUT2D eigenvalue weighted by molar-refractivity contribution is 0.0795. The molecule has 1 aromatic carbocycles. The summed E-state index contributed by atoms with van der Waals surface area (Å²) in [6, 6.07) is 6.22. The maximum atomic E-state index is 13.1. The van der Waals surface area contributed by atoms with Crippen LogP contribution in [-0.4, -0.2) is 34.2 Å². The van der Waals surface area contributed by atoms with Crippen LogP contribution in [0.1, 0.15) is 35.1 Å². The molecule has 1 amide bonds. The molecule has 4 nitrogen and oxygen atoms in total. The number of hydrogen-bond donors (Lipinski definition) is 0. The fourth-order valence-corrected chi connectivity index (χ4v) is 2.73. The molecule has 21 heavy (non-hydrogen) atoms. The Morgan fingerprint density at radius 2 is 2.05 bits per heavy atom. The minimum absolute atomic E-state index is 0.0449. The molecule has 1 aliphatic rings. The number of hydrogen-bond acceptors (Lipinski definition) is 2. The Kier molecular flexibility index (Phi) is 3.49. The zero-order chi connectivity index (χ0) is 15.0. The number of nitrogens with zero attached hydrogens (tertiary/aromatic N) is 3. The molecule has 5 heteroatoms. The monoisotopic (exact) mass is 287 g/mol. The highest BCUT2D eigenvalue weighted by molar-refractivity contribution is 5.94. The second kappa shape index (κ2) is 5.31. The Morgan fingerprint density at radius 1 is 1.33 bits per heavy atom. The van der Waals surface area contributed by atoms with Gasteiger partial charge in [-0.15, -0.1) is 0 Å². The minimum atomic E-state index is -0.274. The molecule has 1 aromatic heterocycles. The van der Waals surface area contributed by atoms with Gasteiger partial charge in [0.15, 0.2) is 5.69 Å². The molecule has 0 atom stereocenters. The third kappa shape index (κ3) is 2.33. The zero-order valence-electron chi connectivity index (χ0n) is 12.3. The molecule has 0 bridgehead atoms. The van der Waals surface area contributed by atoms with Crippen molar-refractivity contribution in [1.82, 2.24) is 14.7 Å². The Morgan fingerprint density at radius 3 is 2.71 bits per heavy atom. The van der Waals surface area contributed by atoms with Gasteiger partial charge in [-0.2, -0.15) is 5.10 Å². The van der Waals surface area contributed by atoms with Crippen molar-refractivity contribution in [2.45, 2.75) is 26.2 Å². The number of rotatable bonds is 3. The minimum Gasteiger partial charge on any atom is -0.341 e. The van der Waals surface area contributed by atoms with Crippen molar-refractivity contribution >= 4 is 5.91 Å². The topological polar surface area (TPSA) is 38.1 Å². The van der Waals surface area contributed by atoms with E-state index in [4.69, 9.17) is 0 Å². The van der Waals surface area contributed by atoms with Crippen LogP contribution in [0.25, 0.3) is 5.69 Å². The third-order valence-electron chi connectivity index (χ3n) is 4.03. The van der Waals surface area contributed by atoms with Crippen molar-refractivity contribution < 1.29 is 9.18 Å². The standard InChI is InChI=1S/C16H18FN3O/c1-3-19(2)16(21)15-13-5-4-6-14(13)20(18-15)12-9-7-11(17)8-10-12/h7-10H,3-6H2,1-2H3. The summed E-state index contributed by atoms with van der Waals surface area (Å²) in [6.45, 7) is 2.59. The molecular weight excluding hydrogens is 269 g/mol. The van der Waals surface area contributed by atoms with Crippen molar-refractivity contribution in [3.05, 3.63) is 47.0 Å². The predicted octanol–water partition coefficient (Wildman–Crippen LogP) is 2.59. The average Bonchev–Trinajstić information content (AvgIpc) is 3.09. The van der Waals surface area contributed by atoms with Gasteiger partial charge < -0.3 is 4.90 Å². The Labute approximate surface area is 123 Å². The van der Waals surface area contributed by atoms with Crippen LogP contribution in [0.5, 0.6) is 0 Å². The first-order valence-corrected chi connectivity index (χ1v) is 7.24. The van der Waals surface area contributed by atoms with Crippen LogP contribution in [0.4, 0.5) is 4.39 Å². The van der Waals surface area contributed by atoms with Crippen LogP contribution < -0.4 is 0 Å². The Hall–Kier alpha value is -2.17. The van der Waals surface area contributed by atoms with Gasteiger partial charge in [0.2, 0.25) is 0 Å². The number of amides is 1. The molecule has 1 aliphatic carbocycles. The molecule has 0 N–H and O–H groups in total. The lowest BCUT2D eigenvalue weighted by Crippen LogP contribution is -2.27. The predicted molar refractivity (Wildman–Crippen MR) is 78.2 cm³/mol. The van der Waals surface area contributed by atoms with E-state index in [1.165, 1.54) is 12.1 Å². The first-order valence-electron chi connectivity index (χ1n) is 7.24. The van der Waals surface area contributed by atoms with E-state index in [9.17, 15) is 9.18 Å². The van der Waals surface area contributed by atoms with Crippen LogP contribution in [0.2, 0.25) is 0 Å². The summed E-state index contributed by atoms with van der Waals surface area (Å²) in [5.41, 5.74) is 3.46. The van der Waals surface area contributed by atoms with Crippen molar-refractivity contribution in [2.75, 3.05) is 13.6 Å². The van der Waals surface area contributed by atoms with Crippen LogP contribution in [0.3, 0.4) is 0 Å². The highest BCUT2D eigenvalue weighted by atomic mass is 19.1. The number of halogens is 1. The molecule has 1 heterocycles. The largest absolute Gasteiger partial charge is 0.341 e. The molecule has 2 aromatic rings. The molecule has 110 valence electrons. The van der Waals surface area contributed by atoms with E-state index in [-0.39, 0.29) is 11.7 Å². The highest BCUT2D eigenvalue weighted by Gasteiger charge is 2.28. The average molecular weight is 287 g/mol. The Bertz CT molecular complexity index is 676. The maximum absolute atomic E-state index is 13.1. The van der Waals surface area contributed by atoms with Crippen LogP contribution >= 0.6 is 0 Å². The Balaban J connectivity index is 2.07. The SMILES string of the molecule is CCN(C)C(=O)c1nn(-c2ccc(F)cc2)c2c1CCC2. The summed E-state index contributed by atoms with van der Waals surface area (Å²) in [4.78, 5) is 14.1. The summed E-state index contributed by atoms with van der Waals surface area (Å²) >= 11 is 0. The normalized spacial score (nSPS) is 13.3. The van der Waals surface area contributed by atoms with Gasteiger partial charge in [-0.1, -0.05) is 0 Å². The van der Waals surface area contributed by atoms with E-state index in [1.54, 1.807) is 28.8 Å². The lowest BCUT2D eigenvalue weighted by Gasteiger charge is -2.13. The van der Waals surface area contributed by atoms with Crippen LogP contribution in [0, 0.1) is 5.82 Å². The maximum Gasteiger partial charge on any atom is 0.274 e. The van der Waals surface area contributed by atoms with Crippen molar-refractivity contribution in [3.8, 4) is 5.69 Å². The fraction of sp³-hybridized carbons (Fsp3) is 0.375. The molecule has 0 unspecified atom stereocenters. The first-order chi connectivity index (χ1) is 10.1. The highest BCUT2D eigenvalue weighted by Crippen LogP contribution is 2.28. The summed E-state index contributed by atoms with van der Waals surface area (Å²) < 4.78 is 14.9. The van der Waals surface area contributed by atoms with Gasteiger partial charge in [-0.05, 0) is 50.5 Å². The zero-order valence-corrected chi connectivity index (χ0v) is 12.3. The van der Waals surface area contributed by atoms with Gasteiger partial charge in [-0.3, -0.25) is 4.79 Å². The summed E-state index contributed by atoms with van der Waals surface area (Å²) in [5.74, 6) is -0.318. The molecule has 0 spiro atoms. The van der Waals surface area contributed by atoms with Gasteiger partial charge in [0.1, 0.15) is 5.82 Å². The second-order valence-corrected chi connectivity index (χ2v) is 5.33. The van der Waals surface area contributed by atoms with Gasteiger partial charge in [0, 0.05) is 24.8 Å². The molecule has 0 radical (unpaired) electrons. The van der Waals surface area contributed by atoms with Gasteiger partial charge >= 0.3 is 0 Å². The summed E-state index contributed by atoms with van der Waals surface area (Å²) in [5, 5.41) is 4.50. The van der Waals surface area contributed by atoms with Crippen molar-refractivity contribution in [1.29, 1.82) is 0 Å². The van der Waals surface area contributed by atoms with E-state index < -0.39 is 0 Å². The fourth-order valence-electron chi connectivity index (χ4n) is 2.73. The molecular formula is C16H18FN3O. The smallest absolute Gasteiger partial charge is 0.274 e. The number of carbonyl (C=O) groups excluding carboxylic acids is 1. The number of carbonyl (C=O) groups is 1. The van der Waals surface area contributed by atoms with Crippen molar-refractivity contribution in [2.24, 2.45) is 0 Å². The summed E-state index contributed by atoms with van der Waals surface area (Å²) in [7, 11) is 1.78. The van der Waals surface area contributed by atoms with Crippen LogP contribution in [0.15, 0.2) is 24.3 Å². The van der Waals surface area contributed by atoms with E-state index >= 15 is 0 Å². The molecule has 0 aliphatic heterocycles. The van der Waals surface area contributed by atoms with E-state index in [0.717, 1.165) is 36.2 Å². The number of fused-ring (bicyclic) bond motifs is 1. The van der Waals surface area contributed by atoms with Crippen molar-refractivity contribution in [3.63, 3.8) is 0 Å². The van der Waals surface area contributed by atoms with E-state index in [1.807, 2.05) is 6.92 Å². The summed E-state index contributed by atoms with van der Waals surface area (Å²) in [6.07, 6.45) is 2.82. The van der Waals surface area contributed by atoms with Gasteiger partial charge in [-0.25, -0.2) is 9.07 Å². The number of benzene rings is 1. The van der Waals surface area contributed by atoms with E-state index in [2.05, 4.69) is 5.10 Å². The molecule has 0 fully saturated rings. The third-order valence-corrected chi connectivity index (χ3v) is 4.03. The lowest BCUT2D eigenvalue weighted by atomic mass is 10.2. The van der Waals surface area contributed by atoms with Crippen LogP contribution in [-0.2, 0) is 12.8 Å². The second-order valence-electron chi connectivity index (χ2n) is 5.33. The van der Waals surface area contributed by atoms with Gasteiger partial charge in [0.25, 0.3) is 5.91 Å². The molecule has 3 rings (SSSR count). The number of aromatic nitrogens is 2. The molecule has 0 saturated carbocycles. The molecule has 0 saturated heterocycles. The quantitative estimate of drug-likeness (QED) is 0.870. The van der Waals surface area contributed by atoms with Gasteiger partial charge in [0.05, 0.1) is 5.69 Å². The first kappa shape index (κ1) is 13.8. The van der Waals surface area contributed by atoms with E-state index in [0.29, 0.717) is 12.2 Å².